The summed E-state index contributed by atoms with van der Waals surface area (Å²) in [5.74, 6) is -1.47. The molecule has 0 aliphatic carbocycles. The monoisotopic (exact) mass is 342 g/mol. The smallest absolute Gasteiger partial charge is 0.336 e. The van der Waals surface area contributed by atoms with Crippen molar-refractivity contribution >= 4 is 11.9 Å². The van der Waals surface area contributed by atoms with E-state index in [0.717, 1.165) is 12.8 Å². The second kappa shape index (κ2) is 8.87. The van der Waals surface area contributed by atoms with E-state index in [9.17, 15) is 14.7 Å². The van der Waals surface area contributed by atoms with Gasteiger partial charge in [0.1, 0.15) is 5.75 Å². The first kappa shape index (κ1) is 18.5. The standard InChI is InChI=1S/C20H22O5/c1-2-3-4-5-12-25-16-9-6-14(7-10-16)18-13-15(19(21)22)8-11-17(18)20(23)24/h6-11,13H,2-5,12H2,1H3,(H,21,22)(H,23,24). The molecule has 0 radical (unpaired) electrons. The fourth-order valence-electron chi connectivity index (χ4n) is 2.55. The number of carboxylic acids is 2. The van der Waals surface area contributed by atoms with Gasteiger partial charge in [0, 0.05) is 0 Å². The maximum atomic E-state index is 11.4. The van der Waals surface area contributed by atoms with E-state index in [2.05, 4.69) is 6.92 Å². The van der Waals surface area contributed by atoms with Gasteiger partial charge in [-0.2, -0.15) is 0 Å². The summed E-state index contributed by atoms with van der Waals surface area (Å²) >= 11 is 0. The molecule has 0 heterocycles. The number of benzene rings is 2. The van der Waals surface area contributed by atoms with Crippen LogP contribution < -0.4 is 4.74 Å². The summed E-state index contributed by atoms with van der Waals surface area (Å²) in [5, 5.41) is 18.4. The fourth-order valence-corrected chi connectivity index (χ4v) is 2.55. The topological polar surface area (TPSA) is 83.8 Å². The molecule has 0 aromatic heterocycles. The average molecular weight is 342 g/mol. The minimum atomic E-state index is -1.09. The Hall–Kier alpha value is -2.82. The van der Waals surface area contributed by atoms with Gasteiger partial charge in [-0.05, 0) is 47.9 Å². The van der Waals surface area contributed by atoms with Crippen LogP contribution >= 0.6 is 0 Å². The number of carboxylic acid groups (broad SMARTS) is 2. The molecule has 0 saturated carbocycles. The lowest BCUT2D eigenvalue weighted by molar-refractivity contribution is 0.0682. The molecule has 2 aromatic rings. The number of unbranched alkanes of at least 4 members (excludes halogenated alkanes) is 3. The van der Waals surface area contributed by atoms with E-state index in [0.29, 0.717) is 23.5 Å². The maximum absolute atomic E-state index is 11.4. The lowest BCUT2D eigenvalue weighted by atomic mass is 9.97. The van der Waals surface area contributed by atoms with Crippen LogP contribution in [-0.4, -0.2) is 28.8 Å². The number of aromatic carboxylic acids is 2. The van der Waals surface area contributed by atoms with Gasteiger partial charge in [-0.15, -0.1) is 0 Å². The van der Waals surface area contributed by atoms with Crippen molar-refractivity contribution in [3.8, 4) is 16.9 Å². The first-order chi connectivity index (χ1) is 12.0. The summed E-state index contributed by atoms with van der Waals surface area (Å²) in [4.78, 5) is 22.5. The van der Waals surface area contributed by atoms with Gasteiger partial charge in [-0.1, -0.05) is 38.3 Å². The second-order valence-corrected chi connectivity index (χ2v) is 5.80. The quantitative estimate of drug-likeness (QED) is 0.645. The van der Waals surface area contributed by atoms with E-state index in [1.165, 1.54) is 31.0 Å². The van der Waals surface area contributed by atoms with Crippen molar-refractivity contribution < 1.29 is 24.5 Å². The Labute approximate surface area is 146 Å². The van der Waals surface area contributed by atoms with Gasteiger partial charge in [0.15, 0.2) is 0 Å². The van der Waals surface area contributed by atoms with Crippen LogP contribution in [0, 0.1) is 0 Å². The second-order valence-electron chi connectivity index (χ2n) is 5.80. The third kappa shape index (κ3) is 5.08. The minimum absolute atomic E-state index is 0.0521. The Kier molecular flexibility index (Phi) is 6.57. The van der Waals surface area contributed by atoms with E-state index < -0.39 is 11.9 Å². The first-order valence-corrected chi connectivity index (χ1v) is 8.36. The molecule has 5 nitrogen and oxygen atoms in total. The van der Waals surface area contributed by atoms with Crippen molar-refractivity contribution in [2.75, 3.05) is 6.61 Å². The molecule has 2 rings (SSSR count). The van der Waals surface area contributed by atoms with Crippen molar-refractivity contribution in [1.82, 2.24) is 0 Å². The molecule has 25 heavy (non-hydrogen) atoms. The molecular formula is C20H22O5. The molecule has 2 aromatic carbocycles. The number of carbonyl (C=O) groups is 2. The highest BCUT2D eigenvalue weighted by atomic mass is 16.5. The lowest BCUT2D eigenvalue weighted by Crippen LogP contribution is -2.03. The van der Waals surface area contributed by atoms with Gasteiger partial charge >= 0.3 is 11.9 Å². The van der Waals surface area contributed by atoms with Gasteiger partial charge < -0.3 is 14.9 Å². The average Bonchev–Trinajstić information content (AvgIpc) is 2.61. The Morgan fingerprint density at radius 3 is 2.24 bits per heavy atom. The zero-order valence-corrected chi connectivity index (χ0v) is 14.2. The molecule has 0 aliphatic heterocycles. The molecule has 0 aliphatic rings. The maximum Gasteiger partial charge on any atom is 0.336 e. The summed E-state index contributed by atoms with van der Waals surface area (Å²) in [5.41, 5.74) is 1.13. The summed E-state index contributed by atoms with van der Waals surface area (Å²) in [7, 11) is 0. The molecular weight excluding hydrogens is 320 g/mol. The molecule has 0 spiro atoms. The van der Waals surface area contributed by atoms with Gasteiger partial charge in [0.2, 0.25) is 0 Å². The Balaban J connectivity index is 2.17. The third-order valence-electron chi connectivity index (χ3n) is 3.93. The predicted octanol–water partition coefficient (Wildman–Crippen LogP) is 4.71. The van der Waals surface area contributed by atoms with Gasteiger partial charge in [-0.3, -0.25) is 0 Å². The van der Waals surface area contributed by atoms with Crippen molar-refractivity contribution in [3.63, 3.8) is 0 Å². The molecule has 2 N–H and O–H groups in total. The summed E-state index contributed by atoms with van der Waals surface area (Å²) in [6, 6.07) is 11.0. The number of hydrogen-bond donors (Lipinski definition) is 2. The van der Waals surface area contributed by atoms with Gasteiger partial charge in [0.25, 0.3) is 0 Å². The predicted molar refractivity (Wildman–Crippen MR) is 95.4 cm³/mol. The molecule has 0 atom stereocenters. The van der Waals surface area contributed by atoms with E-state index in [1.807, 2.05) is 0 Å². The molecule has 0 amide bonds. The highest BCUT2D eigenvalue weighted by Gasteiger charge is 2.15. The fraction of sp³-hybridized carbons (Fsp3) is 0.300. The van der Waals surface area contributed by atoms with Crippen LogP contribution in [0.25, 0.3) is 11.1 Å². The Morgan fingerprint density at radius 2 is 1.64 bits per heavy atom. The summed E-state index contributed by atoms with van der Waals surface area (Å²) in [6.07, 6.45) is 4.51. The normalized spacial score (nSPS) is 10.4. The molecule has 0 bridgehead atoms. The Bertz CT molecular complexity index is 734. The van der Waals surface area contributed by atoms with Crippen LogP contribution in [0.3, 0.4) is 0 Å². The highest BCUT2D eigenvalue weighted by Crippen LogP contribution is 2.27. The summed E-state index contributed by atoms with van der Waals surface area (Å²) < 4.78 is 5.67. The van der Waals surface area contributed by atoms with E-state index in [-0.39, 0.29) is 11.1 Å². The van der Waals surface area contributed by atoms with Gasteiger partial charge in [0.05, 0.1) is 17.7 Å². The number of hydrogen-bond acceptors (Lipinski definition) is 3. The van der Waals surface area contributed by atoms with E-state index >= 15 is 0 Å². The van der Waals surface area contributed by atoms with Crippen LogP contribution in [0.15, 0.2) is 42.5 Å². The third-order valence-corrected chi connectivity index (χ3v) is 3.93. The van der Waals surface area contributed by atoms with Gasteiger partial charge in [-0.25, -0.2) is 9.59 Å². The largest absolute Gasteiger partial charge is 0.494 e. The van der Waals surface area contributed by atoms with Crippen molar-refractivity contribution in [3.05, 3.63) is 53.6 Å². The van der Waals surface area contributed by atoms with Crippen LogP contribution in [0.1, 0.15) is 53.3 Å². The zero-order chi connectivity index (χ0) is 18.2. The van der Waals surface area contributed by atoms with Crippen molar-refractivity contribution in [2.45, 2.75) is 32.6 Å². The van der Waals surface area contributed by atoms with Crippen molar-refractivity contribution in [1.29, 1.82) is 0 Å². The molecule has 0 saturated heterocycles. The van der Waals surface area contributed by atoms with Crippen LogP contribution in [0.5, 0.6) is 5.75 Å². The van der Waals surface area contributed by atoms with Crippen LogP contribution in [-0.2, 0) is 0 Å². The van der Waals surface area contributed by atoms with E-state index in [4.69, 9.17) is 9.84 Å². The van der Waals surface area contributed by atoms with E-state index in [1.54, 1.807) is 24.3 Å². The van der Waals surface area contributed by atoms with Crippen LogP contribution in [0.4, 0.5) is 0 Å². The minimum Gasteiger partial charge on any atom is -0.494 e. The molecule has 5 heteroatoms. The molecule has 132 valence electrons. The first-order valence-electron chi connectivity index (χ1n) is 8.36. The Morgan fingerprint density at radius 1 is 0.920 bits per heavy atom. The number of rotatable bonds is 9. The van der Waals surface area contributed by atoms with Crippen LogP contribution in [0.2, 0.25) is 0 Å². The highest BCUT2D eigenvalue weighted by molar-refractivity contribution is 5.99. The lowest BCUT2D eigenvalue weighted by Gasteiger charge is -2.10. The molecule has 0 fully saturated rings. The van der Waals surface area contributed by atoms with Crippen molar-refractivity contribution in [2.24, 2.45) is 0 Å². The number of ether oxygens (including phenoxy) is 1. The molecule has 0 unspecified atom stereocenters. The SMILES string of the molecule is CCCCCCOc1ccc(-c2cc(C(=O)O)ccc2C(=O)O)cc1. The summed E-state index contributed by atoms with van der Waals surface area (Å²) in [6.45, 7) is 2.80. The zero-order valence-electron chi connectivity index (χ0n) is 14.2.